The molecule has 0 saturated heterocycles. The highest BCUT2D eigenvalue weighted by atomic mass is 35.5. The maximum absolute atomic E-state index is 6.53. The lowest BCUT2D eigenvalue weighted by Crippen LogP contribution is -2.02. The van der Waals surface area contributed by atoms with Crippen LogP contribution in [0.25, 0.3) is 37.0 Å². The van der Waals surface area contributed by atoms with Crippen LogP contribution in [0.2, 0.25) is 15.1 Å². The predicted octanol–water partition coefficient (Wildman–Crippen LogP) is 7.67. The van der Waals surface area contributed by atoms with Gasteiger partial charge in [0, 0.05) is 21.0 Å². The van der Waals surface area contributed by atoms with Gasteiger partial charge in [-0.05, 0) is 53.9 Å². The summed E-state index contributed by atoms with van der Waals surface area (Å²) in [5, 5.41) is 18.6. The molecule has 0 aliphatic heterocycles. The van der Waals surface area contributed by atoms with Gasteiger partial charge in [0.25, 0.3) is 0 Å². The van der Waals surface area contributed by atoms with Gasteiger partial charge in [-0.2, -0.15) is 9.61 Å². The van der Waals surface area contributed by atoms with Crippen molar-refractivity contribution < 1.29 is 4.74 Å². The van der Waals surface area contributed by atoms with Crippen molar-refractivity contribution in [1.29, 1.82) is 0 Å². The van der Waals surface area contributed by atoms with E-state index in [2.05, 4.69) is 10.2 Å². The van der Waals surface area contributed by atoms with Gasteiger partial charge in [0.2, 0.25) is 4.96 Å². The minimum Gasteiger partial charge on any atom is -0.486 e. The Morgan fingerprint density at radius 1 is 0.941 bits per heavy atom. The first-order valence-electron chi connectivity index (χ1n) is 9.99. The average Bonchev–Trinajstić information content (AvgIpc) is 3.56. The Balaban J connectivity index is 1.44. The maximum atomic E-state index is 6.53. The van der Waals surface area contributed by atoms with Crippen molar-refractivity contribution in [2.45, 2.75) is 6.61 Å². The molecule has 4 heterocycles. The summed E-state index contributed by atoms with van der Waals surface area (Å²) in [7, 11) is 0. The number of nitrogens with zero attached hydrogens (tertiary/aromatic N) is 5. The molecule has 4 aromatic heterocycles. The largest absolute Gasteiger partial charge is 0.486 e. The number of hydrogen-bond donors (Lipinski definition) is 0. The summed E-state index contributed by atoms with van der Waals surface area (Å²) in [5.41, 5.74) is 2.36. The molecule has 6 aromatic rings. The van der Waals surface area contributed by atoms with Gasteiger partial charge in [0.15, 0.2) is 5.82 Å². The average molecular weight is 545 g/mol. The minimum absolute atomic E-state index is 0.209. The van der Waals surface area contributed by atoms with Gasteiger partial charge in [-0.1, -0.05) is 52.2 Å². The monoisotopic (exact) mass is 543 g/mol. The Bertz CT molecular complexity index is 1650. The molecular weight excluding hydrogens is 533 g/mol. The Kier molecular flexibility index (Phi) is 5.63. The Morgan fingerprint density at radius 2 is 1.79 bits per heavy atom. The van der Waals surface area contributed by atoms with E-state index in [1.165, 1.54) is 11.3 Å². The fraction of sp³-hybridized carbons (Fsp3) is 0.0435. The van der Waals surface area contributed by atoms with E-state index in [0.717, 1.165) is 26.5 Å². The number of hydrogen-bond acceptors (Lipinski definition) is 7. The summed E-state index contributed by atoms with van der Waals surface area (Å²) in [6, 6.07) is 16.7. The molecule has 0 spiro atoms. The third kappa shape index (κ3) is 4.01. The van der Waals surface area contributed by atoms with E-state index in [0.29, 0.717) is 37.1 Å². The van der Waals surface area contributed by atoms with Crippen molar-refractivity contribution in [3.8, 4) is 26.9 Å². The third-order valence-electron chi connectivity index (χ3n) is 5.07. The zero-order valence-corrected chi connectivity index (χ0v) is 21.0. The van der Waals surface area contributed by atoms with Crippen molar-refractivity contribution in [3.63, 3.8) is 0 Å². The van der Waals surface area contributed by atoms with Crippen LogP contribution in [0.1, 0.15) is 5.82 Å². The van der Waals surface area contributed by atoms with E-state index >= 15 is 0 Å². The Morgan fingerprint density at radius 3 is 2.59 bits per heavy atom. The Labute approximate surface area is 216 Å². The van der Waals surface area contributed by atoms with Gasteiger partial charge in [0.1, 0.15) is 17.4 Å². The number of fused-ring (bicyclic) bond motifs is 2. The molecule has 11 heteroatoms. The quantitative estimate of drug-likeness (QED) is 0.223. The molecule has 0 unspecified atom stereocenters. The van der Waals surface area contributed by atoms with Crippen molar-refractivity contribution in [2.75, 3.05) is 0 Å². The summed E-state index contributed by atoms with van der Waals surface area (Å²) in [6.45, 7) is 0.209. The molecule has 0 N–H and O–H groups in total. The van der Waals surface area contributed by atoms with E-state index in [4.69, 9.17) is 49.6 Å². The van der Waals surface area contributed by atoms with Crippen LogP contribution in [0.3, 0.4) is 0 Å². The van der Waals surface area contributed by atoms with Gasteiger partial charge in [0.05, 0.1) is 21.1 Å². The first-order chi connectivity index (χ1) is 16.5. The molecule has 168 valence electrons. The molecule has 0 atom stereocenters. The first-order valence-corrected chi connectivity index (χ1v) is 12.8. The van der Waals surface area contributed by atoms with Crippen LogP contribution in [0.15, 0.2) is 60.0 Å². The van der Waals surface area contributed by atoms with Crippen LogP contribution in [0.5, 0.6) is 5.75 Å². The third-order valence-corrected chi connectivity index (χ3v) is 7.66. The van der Waals surface area contributed by atoms with Crippen molar-refractivity contribution in [2.24, 2.45) is 0 Å². The van der Waals surface area contributed by atoms with Gasteiger partial charge < -0.3 is 4.74 Å². The molecule has 0 fully saturated rings. The molecular formula is C23H12Cl3N5OS2. The predicted molar refractivity (Wildman–Crippen MR) is 139 cm³/mol. The lowest BCUT2D eigenvalue weighted by Gasteiger charge is -2.09. The highest BCUT2D eigenvalue weighted by Gasteiger charge is 2.19. The molecule has 6 nitrogen and oxygen atoms in total. The second-order valence-corrected chi connectivity index (χ2v) is 10.5. The topological polar surface area (TPSA) is 65.2 Å². The lowest BCUT2D eigenvalue weighted by atomic mass is 10.1. The molecule has 0 saturated carbocycles. The zero-order valence-electron chi connectivity index (χ0n) is 17.1. The Hall–Kier alpha value is -2.75. The van der Waals surface area contributed by atoms with Gasteiger partial charge in [-0.3, -0.25) is 0 Å². The molecule has 0 aliphatic rings. The fourth-order valence-electron chi connectivity index (χ4n) is 3.51. The minimum atomic E-state index is 0.209. The van der Waals surface area contributed by atoms with E-state index in [9.17, 15) is 0 Å². The zero-order chi connectivity index (χ0) is 23.2. The van der Waals surface area contributed by atoms with Crippen LogP contribution in [0.4, 0.5) is 0 Å². The molecule has 0 bridgehead atoms. The fourth-order valence-corrected chi connectivity index (χ4v) is 5.75. The van der Waals surface area contributed by atoms with Crippen molar-refractivity contribution in [3.05, 3.63) is 80.9 Å². The standard InChI is InChI=1S/C23H12Cl3N5OS2/c24-12-3-5-14(6-4-12)32-11-20-28-29-23-31(20)30-22(34-23)16-10-18(19-2-1-7-33-19)27-21-15(16)8-13(25)9-17(21)26/h1-10H,11H2. The molecule has 0 aliphatic carbocycles. The van der Waals surface area contributed by atoms with Gasteiger partial charge in [-0.15, -0.1) is 21.5 Å². The van der Waals surface area contributed by atoms with E-state index in [1.54, 1.807) is 46.2 Å². The highest BCUT2D eigenvalue weighted by molar-refractivity contribution is 7.20. The SMILES string of the molecule is Clc1ccc(OCc2nnc3sc(-c4cc(-c5cccs5)nc5c(Cl)cc(Cl)cc45)nn23)cc1. The van der Waals surface area contributed by atoms with Crippen LogP contribution < -0.4 is 4.74 Å². The summed E-state index contributed by atoms with van der Waals surface area (Å²) in [4.78, 5) is 6.49. The summed E-state index contributed by atoms with van der Waals surface area (Å²) in [5.74, 6) is 1.27. The van der Waals surface area contributed by atoms with E-state index < -0.39 is 0 Å². The van der Waals surface area contributed by atoms with E-state index in [1.807, 2.05) is 29.6 Å². The van der Waals surface area contributed by atoms with Crippen LogP contribution in [-0.2, 0) is 6.61 Å². The molecule has 2 aromatic carbocycles. The molecule has 34 heavy (non-hydrogen) atoms. The number of benzene rings is 2. The second kappa shape index (κ2) is 8.79. The van der Waals surface area contributed by atoms with Crippen LogP contribution in [-0.4, -0.2) is 24.8 Å². The highest BCUT2D eigenvalue weighted by Crippen LogP contribution is 2.39. The first kappa shape index (κ1) is 21.8. The number of pyridine rings is 1. The summed E-state index contributed by atoms with van der Waals surface area (Å²) in [6.07, 6.45) is 0. The second-order valence-electron chi connectivity index (χ2n) is 7.28. The normalized spacial score (nSPS) is 11.5. The number of halogens is 3. The summed E-state index contributed by atoms with van der Waals surface area (Å²) >= 11 is 21.8. The molecule has 6 rings (SSSR count). The van der Waals surface area contributed by atoms with Crippen molar-refractivity contribution >= 4 is 73.3 Å². The van der Waals surface area contributed by atoms with Gasteiger partial charge in [-0.25, -0.2) is 4.98 Å². The number of aromatic nitrogens is 5. The van der Waals surface area contributed by atoms with E-state index in [-0.39, 0.29) is 6.61 Å². The maximum Gasteiger partial charge on any atom is 0.235 e. The van der Waals surface area contributed by atoms with Gasteiger partial charge >= 0.3 is 0 Å². The number of rotatable bonds is 5. The smallest absolute Gasteiger partial charge is 0.235 e. The number of ether oxygens (including phenoxy) is 1. The van der Waals surface area contributed by atoms with Crippen LogP contribution in [0, 0.1) is 0 Å². The van der Waals surface area contributed by atoms with Crippen molar-refractivity contribution in [1.82, 2.24) is 24.8 Å². The lowest BCUT2D eigenvalue weighted by molar-refractivity contribution is 0.293. The summed E-state index contributed by atoms with van der Waals surface area (Å²) < 4.78 is 7.53. The molecule has 0 radical (unpaired) electrons. The van der Waals surface area contributed by atoms with Crippen LogP contribution >= 0.6 is 57.5 Å². The number of thiophene rings is 1. The molecule has 0 amide bonds.